The molecule has 1 amide bonds. The Morgan fingerprint density at radius 1 is 1.06 bits per heavy atom. The molecule has 0 aliphatic heterocycles. The number of nitrogens with one attached hydrogen (secondary N) is 2. The summed E-state index contributed by atoms with van der Waals surface area (Å²) < 4.78 is 40.8. The van der Waals surface area contributed by atoms with Gasteiger partial charge in [-0.05, 0) is 61.6 Å². The van der Waals surface area contributed by atoms with E-state index in [2.05, 4.69) is 10.1 Å². The Hall–Kier alpha value is -3.76. The fourth-order valence-electron chi connectivity index (χ4n) is 3.34. The maximum absolute atomic E-state index is 12.1. The number of hydrogen-bond acceptors (Lipinski definition) is 6. The zero-order chi connectivity index (χ0) is 25.5. The SMILES string of the molecule is COC(=O)C(C)(Nc1ccccc1)C(=O)O.O=C(N[C@H]1CCc2cc(O)ccc2C1)C(F)(F)F. The van der Waals surface area contributed by atoms with Gasteiger partial charge < -0.3 is 25.6 Å². The first-order valence-electron chi connectivity index (χ1n) is 10.2. The van der Waals surface area contributed by atoms with E-state index in [0.29, 0.717) is 24.9 Å². The molecule has 0 bridgehead atoms. The van der Waals surface area contributed by atoms with Crippen LogP contribution in [0.15, 0.2) is 48.5 Å². The van der Waals surface area contributed by atoms with Gasteiger partial charge in [0.1, 0.15) is 5.75 Å². The summed E-state index contributed by atoms with van der Waals surface area (Å²) in [6, 6.07) is 12.9. The number of carboxylic acid groups (broad SMARTS) is 1. The Labute approximate surface area is 193 Å². The molecule has 2 aromatic rings. The molecule has 184 valence electrons. The number of methoxy groups -OCH3 is 1. The number of benzene rings is 2. The van der Waals surface area contributed by atoms with Crippen LogP contribution in [0.1, 0.15) is 24.5 Å². The quantitative estimate of drug-likeness (QED) is 0.381. The number of alkyl halides is 3. The van der Waals surface area contributed by atoms with Gasteiger partial charge in [0.15, 0.2) is 0 Å². The number of esters is 1. The van der Waals surface area contributed by atoms with Crippen LogP contribution in [0.4, 0.5) is 18.9 Å². The first kappa shape index (κ1) is 26.5. The Morgan fingerprint density at radius 3 is 2.26 bits per heavy atom. The maximum atomic E-state index is 12.1. The topological polar surface area (TPSA) is 125 Å². The molecule has 34 heavy (non-hydrogen) atoms. The third-order valence-electron chi connectivity index (χ3n) is 5.20. The molecular weight excluding hydrogens is 457 g/mol. The van der Waals surface area contributed by atoms with Crippen LogP contribution in [-0.2, 0) is 32.0 Å². The van der Waals surface area contributed by atoms with Crippen LogP contribution >= 0.6 is 0 Å². The summed E-state index contributed by atoms with van der Waals surface area (Å²) in [5.74, 6) is -3.88. The molecule has 3 rings (SSSR count). The second-order valence-electron chi connectivity index (χ2n) is 7.78. The van der Waals surface area contributed by atoms with Gasteiger partial charge in [-0.25, -0.2) is 9.59 Å². The van der Waals surface area contributed by atoms with Crippen molar-refractivity contribution in [1.82, 2.24) is 5.32 Å². The van der Waals surface area contributed by atoms with Crippen LogP contribution in [0.2, 0.25) is 0 Å². The largest absolute Gasteiger partial charge is 0.508 e. The fourth-order valence-corrected chi connectivity index (χ4v) is 3.34. The van der Waals surface area contributed by atoms with Crippen LogP contribution in [-0.4, -0.2) is 52.9 Å². The Balaban J connectivity index is 0.000000242. The number of aromatic hydroxyl groups is 1. The standard InChI is InChI=1S/C12H12F3NO2.C11H13NO4/c13-12(14,15)11(18)16-9-3-1-8-6-10(17)4-2-7(8)5-9;1-11(9(13)14,10(15)16-2)12-8-6-4-3-5-7-8/h2,4,6,9,17H,1,3,5H2,(H,16,18);3-7,12H,1-2H3,(H,13,14)/t9-;/m0./s1. The third-order valence-corrected chi connectivity index (χ3v) is 5.20. The summed E-state index contributed by atoms with van der Waals surface area (Å²) in [5, 5.41) is 22.9. The van der Waals surface area contributed by atoms with Gasteiger partial charge in [-0.2, -0.15) is 13.2 Å². The zero-order valence-corrected chi connectivity index (χ0v) is 18.5. The van der Waals surface area contributed by atoms with Gasteiger partial charge in [0.05, 0.1) is 7.11 Å². The summed E-state index contributed by atoms with van der Waals surface area (Å²) in [6.45, 7) is 1.26. The molecule has 2 atom stereocenters. The number of phenols is 1. The Kier molecular flexibility index (Phi) is 8.50. The lowest BCUT2D eigenvalue weighted by Crippen LogP contribution is -2.51. The molecular formula is C23H25F3N2O6. The smallest absolute Gasteiger partial charge is 0.471 e. The molecule has 0 saturated heterocycles. The van der Waals surface area contributed by atoms with E-state index in [-0.39, 0.29) is 5.75 Å². The lowest BCUT2D eigenvalue weighted by molar-refractivity contribution is -0.174. The van der Waals surface area contributed by atoms with Crippen molar-refractivity contribution in [2.45, 2.75) is 43.9 Å². The van der Waals surface area contributed by atoms with Gasteiger partial charge in [0, 0.05) is 11.7 Å². The van der Waals surface area contributed by atoms with Crippen LogP contribution in [0, 0.1) is 0 Å². The number of aliphatic carboxylic acids is 1. The number of phenolic OH excluding ortho intramolecular Hbond substituents is 1. The number of aryl methyl sites for hydroxylation is 1. The van der Waals surface area contributed by atoms with Gasteiger partial charge >= 0.3 is 24.0 Å². The summed E-state index contributed by atoms with van der Waals surface area (Å²) in [4.78, 5) is 33.3. The molecule has 0 saturated carbocycles. The Morgan fingerprint density at radius 2 is 1.71 bits per heavy atom. The Bertz CT molecular complexity index is 1030. The molecule has 1 aliphatic carbocycles. The van der Waals surface area contributed by atoms with Gasteiger partial charge in [-0.1, -0.05) is 24.3 Å². The van der Waals surface area contributed by atoms with Crippen molar-refractivity contribution in [2.75, 3.05) is 12.4 Å². The van der Waals surface area contributed by atoms with Gasteiger partial charge in [0.2, 0.25) is 5.54 Å². The molecule has 0 aromatic heterocycles. The number of para-hydroxylation sites is 1. The molecule has 0 fully saturated rings. The van der Waals surface area contributed by atoms with E-state index in [1.165, 1.54) is 13.0 Å². The summed E-state index contributed by atoms with van der Waals surface area (Å²) in [6.07, 6.45) is -3.49. The van der Waals surface area contributed by atoms with Crippen molar-refractivity contribution < 1.29 is 42.5 Å². The average molecular weight is 482 g/mol. The van der Waals surface area contributed by atoms with Crippen molar-refractivity contribution in [3.05, 3.63) is 59.7 Å². The predicted molar refractivity (Wildman–Crippen MR) is 116 cm³/mol. The van der Waals surface area contributed by atoms with Crippen molar-refractivity contribution >= 4 is 23.5 Å². The van der Waals surface area contributed by atoms with Crippen LogP contribution in [0.3, 0.4) is 0 Å². The fraction of sp³-hybridized carbons (Fsp3) is 0.348. The molecule has 11 heteroatoms. The van der Waals surface area contributed by atoms with Gasteiger partial charge in [-0.3, -0.25) is 4.79 Å². The highest BCUT2D eigenvalue weighted by Crippen LogP contribution is 2.26. The second-order valence-corrected chi connectivity index (χ2v) is 7.78. The normalized spacial score (nSPS) is 16.6. The number of amides is 1. The van der Waals surface area contributed by atoms with Crippen molar-refractivity contribution in [2.24, 2.45) is 0 Å². The minimum absolute atomic E-state index is 0.145. The number of carbonyl (C=O) groups is 3. The monoisotopic (exact) mass is 482 g/mol. The third kappa shape index (κ3) is 6.87. The molecule has 0 spiro atoms. The van der Waals surface area contributed by atoms with Crippen molar-refractivity contribution in [1.29, 1.82) is 0 Å². The number of rotatable bonds is 5. The first-order chi connectivity index (χ1) is 15.9. The molecule has 2 aromatic carbocycles. The molecule has 8 nitrogen and oxygen atoms in total. The number of carboxylic acids is 1. The first-order valence-corrected chi connectivity index (χ1v) is 10.2. The highest BCUT2D eigenvalue weighted by atomic mass is 19.4. The predicted octanol–water partition coefficient (Wildman–Crippen LogP) is 3.04. The molecule has 4 N–H and O–H groups in total. The summed E-state index contributed by atoms with van der Waals surface area (Å²) in [7, 11) is 1.15. The minimum Gasteiger partial charge on any atom is -0.508 e. The number of hydrogen-bond donors (Lipinski definition) is 4. The molecule has 0 heterocycles. The zero-order valence-electron chi connectivity index (χ0n) is 18.5. The van der Waals surface area contributed by atoms with Crippen LogP contribution in [0.5, 0.6) is 5.75 Å². The van der Waals surface area contributed by atoms with Gasteiger partial charge in [0.25, 0.3) is 0 Å². The van der Waals surface area contributed by atoms with E-state index in [9.17, 15) is 32.7 Å². The number of halogens is 3. The van der Waals surface area contributed by atoms with E-state index < -0.39 is 35.6 Å². The summed E-state index contributed by atoms with van der Waals surface area (Å²) in [5.41, 5.74) is 0.549. The molecule has 0 radical (unpaired) electrons. The number of carbonyl (C=O) groups excluding carboxylic acids is 2. The van der Waals surface area contributed by atoms with Crippen molar-refractivity contribution in [3.63, 3.8) is 0 Å². The summed E-state index contributed by atoms with van der Waals surface area (Å²) >= 11 is 0. The second kappa shape index (κ2) is 10.9. The van der Waals surface area contributed by atoms with Gasteiger partial charge in [-0.15, -0.1) is 0 Å². The number of fused-ring (bicyclic) bond motifs is 1. The lowest BCUT2D eigenvalue weighted by Gasteiger charge is -2.25. The van der Waals surface area contributed by atoms with E-state index in [4.69, 9.17) is 5.11 Å². The highest BCUT2D eigenvalue weighted by Gasteiger charge is 2.43. The highest BCUT2D eigenvalue weighted by molar-refractivity contribution is 6.06. The minimum atomic E-state index is -4.84. The van der Waals surface area contributed by atoms with Crippen LogP contribution < -0.4 is 10.6 Å². The van der Waals surface area contributed by atoms with E-state index in [1.54, 1.807) is 42.5 Å². The number of anilines is 1. The van der Waals surface area contributed by atoms with Crippen LogP contribution in [0.25, 0.3) is 0 Å². The maximum Gasteiger partial charge on any atom is 0.471 e. The van der Waals surface area contributed by atoms with E-state index in [1.807, 2.05) is 5.32 Å². The lowest BCUT2D eigenvalue weighted by atomic mass is 9.88. The van der Waals surface area contributed by atoms with Crippen molar-refractivity contribution in [3.8, 4) is 5.75 Å². The molecule has 1 unspecified atom stereocenters. The number of ether oxygens (including phenoxy) is 1. The van der Waals surface area contributed by atoms with E-state index in [0.717, 1.165) is 18.2 Å². The molecule has 1 aliphatic rings. The van der Waals surface area contributed by atoms with E-state index >= 15 is 0 Å². The average Bonchev–Trinajstić information content (AvgIpc) is 2.78.